The van der Waals surface area contributed by atoms with E-state index in [4.69, 9.17) is 21.7 Å². The first-order chi connectivity index (χ1) is 13.3. The predicted molar refractivity (Wildman–Crippen MR) is 109 cm³/mol. The zero-order chi connectivity index (χ0) is 18.5. The number of fused-ring (bicyclic) bond motifs is 1. The van der Waals surface area contributed by atoms with Gasteiger partial charge < -0.3 is 24.6 Å². The molecule has 0 unspecified atom stereocenters. The molecule has 1 saturated heterocycles. The van der Waals surface area contributed by atoms with Crippen molar-refractivity contribution in [2.45, 2.75) is 13.0 Å². The Labute approximate surface area is 165 Å². The molecule has 142 valence electrons. The van der Waals surface area contributed by atoms with Gasteiger partial charge in [-0.15, -0.1) is 0 Å². The van der Waals surface area contributed by atoms with Gasteiger partial charge in [-0.05, 0) is 42.4 Å². The fourth-order valence-electron chi connectivity index (χ4n) is 3.61. The highest BCUT2D eigenvalue weighted by Crippen LogP contribution is 2.32. The zero-order valence-electron chi connectivity index (χ0n) is 15.4. The molecule has 2 aromatic rings. The van der Waals surface area contributed by atoms with E-state index in [1.807, 2.05) is 12.1 Å². The second kappa shape index (κ2) is 8.59. The molecule has 0 aliphatic carbocycles. The summed E-state index contributed by atoms with van der Waals surface area (Å²) >= 11 is 5.59. The Balaban J connectivity index is 1.20. The van der Waals surface area contributed by atoms with Gasteiger partial charge in [-0.25, -0.2) is 0 Å². The molecule has 2 aliphatic heterocycles. The van der Waals surface area contributed by atoms with Crippen molar-refractivity contribution in [2.75, 3.05) is 39.5 Å². The molecule has 2 N–H and O–H groups in total. The third kappa shape index (κ3) is 4.70. The summed E-state index contributed by atoms with van der Waals surface area (Å²) in [5.41, 5.74) is 2.64. The Morgan fingerprint density at radius 3 is 2.59 bits per heavy atom. The summed E-state index contributed by atoms with van der Waals surface area (Å²) in [5, 5.41) is 4.29. The lowest BCUT2D eigenvalue weighted by molar-refractivity contribution is -0.917. The Kier molecular flexibility index (Phi) is 5.75. The van der Waals surface area contributed by atoms with Crippen molar-refractivity contribution in [3.8, 4) is 11.5 Å². The fourth-order valence-corrected chi connectivity index (χ4v) is 3.90. The smallest absolute Gasteiger partial charge is 0.231 e. The number of nitrogens with one attached hydrogen (secondary N) is 2. The number of nitrogens with zero attached hydrogens (tertiary/aromatic N) is 1. The van der Waals surface area contributed by atoms with Crippen molar-refractivity contribution in [2.24, 2.45) is 0 Å². The summed E-state index contributed by atoms with van der Waals surface area (Å²) in [6, 6.07) is 16.8. The maximum atomic E-state index is 5.59. The molecule has 5 nitrogen and oxygen atoms in total. The third-order valence-corrected chi connectivity index (χ3v) is 5.58. The molecule has 0 spiro atoms. The molecule has 27 heavy (non-hydrogen) atoms. The molecular formula is C21H26N3O2S+. The minimum absolute atomic E-state index is 0.332. The summed E-state index contributed by atoms with van der Waals surface area (Å²) in [5.74, 6) is 1.72. The Bertz CT molecular complexity index is 776. The minimum Gasteiger partial charge on any atom is -0.454 e. The average Bonchev–Trinajstić information content (AvgIpc) is 3.17. The number of hydrogen-bond donors (Lipinski definition) is 2. The number of piperazine rings is 1. The van der Waals surface area contributed by atoms with E-state index >= 15 is 0 Å². The van der Waals surface area contributed by atoms with Gasteiger partial charge in [0.2, 0.25) is 6.79 Å². The van der Waals surface area contributed by atoms with Crippen LogP contribution < -0.4 is 19.7 Å². The van der Waals surface area contributed by atoms with Crippen LogP contribution in [0.25, 0.3) is 0 Å². The molecule has 0 saturated carbocycles. The van der Waals surface area contributed by atoms with Gasteiger partial charge in [-0.2, -0.15) is 0 Å². The number of rotatable bonds is 5. The van der Waals surface area contributed by atoms with Crippen LogP contribution in [0.3, 0.4) is 0 Å². The van der Waals surface area contributed by atoms with E-state index in [0.29, 0.717) is 6.79 Å². The van der Waals surface area contributed by atoms with E-state index in [9.17, 15) is 0 Å². The van der Waals surface area contributed by atoms with E-state index in [-0.39, 0.29) is 0 Å². The van der Waals surface area contributed by atoms with Crippen LogP contribution >= 0.6 is 12.2 Å². The highest BCUT2D eigenvalue weighted by atomic mass is 32.1. The van der Waals surface area contributed by atoms with E-state index < -0.39 is 0 Å². The van der Waals surface area contributed by atoms with Crippen molar-refractivity contribution in [3.05, 3.63) is 59.7 Å². The summed E-state index contributed by atoms with van der Waals surface area (Å²) < 4.78 is 10.9. The molecular weight excluding hydrogens is 358 g/mol. The van der Waals surface area contributed by atoms with Gasteiger partial charge in [0.15, 0.2) is 16.6 Å². The van der Waals surface area contributed by atoms with Crippen LogP contribution in [-0.2, 0) is 13.0 Å². The van der Waals surface area contributed by atoms with Gasteiger partial charge in [0.05, 0.1) is 26.2 Å². The van der Waals surface area contributed by atoms with Crippen LogP contribution in [-0.4, -0.2) is 49.5 Å². The van der Waals surface area contributed by atoms with Crippen LogP contribution in [0.2, 0.25) is 0 Å². The number of quaternary nitrogens is 1. The molecule has 6 heteroatoms. The van der Waals surface area contributed by atoms with Gasteiger partial charge >= 0.3 is 0 Å². The second-order valence-corrected chi connectivity index (χ2v) is 7.46. The number of hydrogen-bond acceptors (Lipinski definition) is 3. The first-order valence-corrected chi connectivity index (χ1v) is 9.97. The first-order valence-electron chi connectivity index (χ1n) is 9.57. The fraction of sp³-hybridized carbons (Fsp3) is 0.381. The van der Waals surface area contributed by atoms with Crippen molar-refractivity contribution in [1.29, 1.82) is 0 Å². The van der Waals surface area contributed by atoms with Crippen LogP contribution in [0.5, 0.6) is 11.5 Å². The monoisotopic (exact) mass is 384 g/mol. The van der Waals surface area contributed by atoms with Crippen LogP contribution in [0.15, 0.2) is 48.5 Å². The quantitative estimate of drug-likeness (QED) is 0.759. The molecule has 0 radical (unpaired) electrons. The Morgan fingerprint density at radius 2 is 1.78 bits per heavy atom. The van der Waals surface area contributed by atoms with Crippen molar-refractivity contribution in [1.82, 2.24) is 10.2 Å². The molecule has 1 fully saturated rings. The topological polar surface area (TPSA) is 38.2 Å². The van der Waals surface area contributed by atoms with Gasteiger partial charge in [0.1, 0.15) is 6.54 Å². The van der Waals surface area contributed by atoms with Crippen LogP contribution in [0.1, 0.15) is 11.1 Å². The predicted octanol–water partition coefficient (Wildman–Crippen LogP) is 1.23. The third-order valence-electron chi connectivity index (χ3n) is 5.18. The highest BCUT2D eigenvalue weighted by molar-refractivity contribution is 7.80. The lowest BCUT2D eigenvalue weighted by Crippen LogP contribution is -3.13. The maximum absolute atomic E-state index is 5.59. The van der Waals surface area contributed by atoms with E-state index in [1.165, 1.54) is 11.1 Å². The number of thiocarbonyl (C=S) groups is 1. The van der Waals surface area contributed by atoms with Crippen molar-refractivity contribution >= 4 is 17.3 Å². The molecule has 4 rings (SSSR count). The number of benzene rings is 2. The highest BCUT2D eigenvalue weighted by Gasteiger charge is 2.22. The van der Waals surface area contributed by atoms with Gasteiger partial charge in [0, 0.05) is 12.1 Å². The van der Waals surface area contributed by atoms with E-state index in [2.05, 4.69) is 46.6 Å². The normalized spacial score (nSPS) is 16.4. The molecule has 0 atom stereocenters. The molecule has 0 aromatic heterocycles. The van der Waals surface area contributed by atoms with Crippen LogP contribution in [0.4, 0.5) is 0 Å². The second-order valence-electron chi connectivity index (χ2n) is 7.07. The largest absolute Gasteiger partial charge is 0.454 e. The Morgan fingerprint density at radius 1 is 1.00 bits per heavy atom. The van der Waals surface area contributed by atoms with Crippen molar-refractivity contribution in [3.63, 3.8) is 0 Å². The van der Waals surface area contributed by atoms with Gasteiger partial charge in [-0.1, -0.05) is 30.3 Å². The lowest BCUT2D eigenvalue weighted by Gasteiger charge is -2.34. The molecule has 0 bridgehead atoms. The van der Waals surface area contributed by atoms with Crippen LogP contribution in [0, 0.1) is 0 Å². The van der Waals surface area contributed by atoms with E-state index in [0.717, 1.165) is 62.3 Å². The van der Waals surface area contributed by atoms with E-state index in [1.54, 1.807) is 4.90 Å². The zero-order valence-corrected chi connectivity index (χ0v) is 16.3. The number of ether oxygens (including phenoxy) is 2. The summed E-state index contributed by atoms with van der Waals surface area (Å²) in [6.45, 7) is 6.41. The average molecular weight is 385 g/mol. The van der Waals surface area contributed by atoms with Gasteiger partial charge in [-0.3, -0.25) is 0 Å². The summed E-state index contributed by atoms with van der Waals surface area (Å²) in [7, 11) is 0. The SMILES string of the molecule is S=C(NCCc1ccccc1)N1CC[NH+](Cc2ccc3c(c2)OCO3)CC1. The van der Waals surface area contributed by atoms with Gasteiger partial charge in [0.25, 0.3) is 0 Å². The standard InChI is InChI=1S/C21H25N3O2S/c27-21(22-9-8-17-4-2-1-3-5-17)24-12-10-23(11-13-24)15-18-6-7-19-20(14-18)26-16-25-19/h1-7,14H,8-13,15-16H2,(H,22,27)/p+1. The van der Waals surface area contributed by atoms with Crippen molar-refractivity contribution < 1.29 is 14.4 Å². The lowest BCUT2D eigenvalue weighted by atomic mass is 10.1. The molecule has 2 aliphatic rings. The first kappa shape index (κ1) is 18.1. The molecule has 2 aromatic carbocycles. The maximum Gasteiger partial charge on any atom is 0.231 e. The summed E-state index contributed by atoms with van der Waals surface area (Å²) in [6.07, 6.45) is 0.996. The minimum atomic E-state index is 0.332. The molecule has 2 heterocycles. The Hall–Kier alpha value is -2.31. The molecule has 0 amide bonds. The summed E-state index contributed by atoms with van der Waals surface area (Å²) in [4.78, 5) is 3.88.